The van der Waals surface area contributed by atoms with E-state index in [4.69, 9.17) is 27.9 Å². The zero-order chi connectivity index (χ0) is 15.6. The van der Waals surface area contributed by atoms with E-state index in [1.54, 1.807) is 29.5 Å². The molecule has 116 valence electrons. The minimum atomic E-state index is -0.256. The maximum Gasteiger partial charge on any atom is 0.310 e. The van der Waals surface area contributed by atoms with Gasteiger partial charge < -0.3 is 14.2 Å². The number of rotatable bonds is 3. The van der Waals surface area contributed by atoms with Crippen molar-refractivity contribution < 1.29 is 14.3 Å². The predicted octanol–water partition coefficient (Wildman–Crippen LogP) is 2.75. The lowest BCUT2D eigenvalue weighted by molar-refractivity contribution is -0.149. The summed E-state index contributed by atoms with van der Waals surface area (Å²) in [5.41, 5.74) is 0.425. The van der Waals surface area contributed by atoms with Gasteiger partial charge >= 0.3 is 5.97 Å². The largest absolute Gasteiger partial charge is 0.466 e. The first kappa shape index (κ1) is 16.2. The summed E-state index contributed by atoms with van der Waals surface area (Å²) in [7, 11) is 1.69. The predicted molar refractivity (Wildman–Crippen MR) is 80.7 cm³/mol. The van der Waals surface area contributed by atoms with E-state index < -0.39 is 0 Å². The van der Waals surface area contributed by atoms with E-state index in [0.717, 1.165) is 12.8 Å². The third kappa shape index (κ3) is 3.35. The van der Waals surface area contributed by atoms with Crippen molar-refractivity contribution >= 4 is 35.1 Å². The summed E-state index contributed by atoms with van der Waals surface area (Å²) < 4.78 is 6.59. The van der Waals surface area contributed by atoms with Crippen molar-refractivity contribution in [1.29, 1.82) is 0 Å². The average Bonchev–Trinajstić information content (AvgIpc) is 2.74. The zero-order valence-corrected chi connectivity index (χ0v) is 13.6. The molecule has 21 heavy (non-hydrogen) atoms. The molecule has 0 bridgehead atoms. The van der Waals surface area contributed by atoms with Crippen LogP contribution in [-0.4, -0.2) is 41.0 Å². The number of aromatic nitrogens is 1. The lowest BCUT2D eigenvalue weighted by Gasteiger charge is -2.31. The number of esters is 1. The van der Waals surface area contributed by atoms with Crippen LogP contribution < -0.4 is 0 Å². The standard InChI is InChI=1S/C14H18Cl2N2O3/c1-3-21-14(20)9-5-4-6-18(8-9)13(19)11-7-10(15)12(16)17(11)2/h7,9H,3-6,8H2,1-2H3/t9-/m1/s1. The molecule has 1 aromatic heterocycles. The first-order valence-corrected chi connectivity index (χ1v) is 7.68. The molecule has 1 aromatic rings. The molecule has 7 heteroatoms. The quantitative estimate of drug-likeness (QED) is 0.799. The van der Waals surface area contributed by atoms with Crippen LogP contribution in [0.5, 0.6) is 0 Å². The van der Waals surface area contributed by atoms with E-state index >= 15 is 0 Å². The molecule has 5 nitrogen and oxygen atoms in total. The SMILES string of the molecule is CCOC(=O)[C@@H]1CCCN(C(=O)c2cc(Cl)c(Cl)n2C)C1. The molecule has 2 rings (SSSR count). The van der Waals surface area contributed by atoms with E-state index in [0.29, 0.717) is 35.6 Å². The summed E-state index contributed by atoms with van der Waals surface area (Å²) in [5.74, 6) is -0.660. The Labute approximate surface area is 133 Å². The number of halogens is 2. The second kappa shape index (κ2) is 6.71. The van der Waals surface area contributed by atoms with Gasteiger partial charge in [0.25, 0.3) is 5.91 Å². The molecule has 2 heterocycles. The van der Waals surface area contributed by atoms with Gasteiger partial charge in [-0.05, 0) is 25.8 Å². The van der Waals surface area contributed by atoms with Gasteiger partial charge in [-0.1, -0.05) is 23.2 Å². The Balaban J connectivity index is 2.12. The fourth-order valence-electron chi connectivity index (χ4n) is 2.52. The number of hydrogen-bond donors (Lipinski definition) is 0. The minimum absolute atomic E-state index is 0.166. The van der Waals surface area contributed by atoms with Crippen LogP contribution in [0.25, 0.3) is 0 Å². The first-order chi connectivity index (χ1) is 9.95. The number of hydrogen-bond acceptors (Lipinski definition) is 3. The maximum absolute atomic E-state index is 12.5. The Bertz CT molecular complexity index is 557. The van der Waals surface area contributed by atoms with Crippen LogP contribution in [0.4, 0.5) is 0 Å². The molecule has 0 radical (unpaired) electrons. The van der Waals surface area contributed by atoms with Crippen molar-refractivity contribution in [2.24, 2.45) is 13.0 Å². The third-order valence-corrected chi connectivity index (χ3v) is 4.51. The molecule has 0 aliphatic carbocycles. The summed E-state index contributed by atoms with van der Waals surface area (Å²) >= 11 is 11.9. The van der Waals surface area contributed by atoms with Crippen molar-refractivity contribution in [2.45, 2.75) is 19.8 Å². The van der Waals surface area contributed by atoms with Crippen LogP contribution in [-0.2, 0) is 16.6 Å². The average molecular weight is 333 g/mol. The van der Waals surface area contributed by atoms with Gasteiger partial charge in [-0.15, -0.1) is 0 Å². The molecule has 1 aliphatic rings. The van der Waals surface area contributed by atoms with Crippen molar-refractivity contribution in [3.63, 3.8) is 0 Å². The highest BCUT2D eigenvalue weighted by Crippen LogP contribution is 2.27. The van der Waals surface area contributed by atoms with Gasteiger partial charge in [0.05, 0.1) is 17.5 Å². The van der Waals surface area contributed by atoms with Gasteiger partial charge in [-0.3, -0.25) is 9.59 Å². The van der Waals surface area contributed by atoms with Crippen molar-refractivity contribution in [3.8, 4) is 0 Å². The molecular weight excluding hydrogens is 315 g/mol. The molecule has 0 N–H and O–H groups in total. The summed E-state index contributed by atoms with van der Waals surface area (Å²) in [4.78, 5) is 26.0. The molecule has 1 fully saturated rings. The number of piperidine rings is 1. The zero-order valence-electron chi connectivity index (χ0n) is 12.1. The molecule has 0 aromatic carbocycles. The molecule has 0 unspecified atom stereocenters. The van der Waals surface area contributed by atoms with Crippen LogP contribution in [0.2, 0.25) is 10.2 Å². The van der Waals surface area contributed by atoms with Crippen molar-refractivity contribution in [1.82, 2.24) is 9.47 Å². The summed E-state index contributed by atoms with van der Waals surface area (Å²) in [6.07, 6.45) is 1.53. The molecular formula is C14H18Cl2N2O3. The highest BCUT2D eigenvalue weighted by molar-refractivity contribution is 6.41. The fourth-order valence-corrected chi connectivity index (χ4v) is 2.90. The van der Waals surface area contributed by atoms with Crippen molar-refractivity contribution in [2.75, 3.05) is 19.7 Å². The van der Waals surface area contributed by atoms with Crippen LogP contribution in [0.15, 0.2) is 6.07 Å². The van der Waals surface area contributed by atoms with Gasteiger partial charge in [0.15, 0.2) is 0 Å². The number of ether oxygens (including phenoxy) is 1. The number of carbonyl (C=O) groups is 2. The Morgan fingerprint density at radius 2 is 2.14 bits per heavy atom. The number of likely N-dealkylation sites (tertiary alicyclic amines) is 1. The van der Waals surface area contributed by atoms with E-state index in [2.05, 4.69) is 0 Å². The van der Waals surface area contributed by atoms with Gasteiger partial charge in [0, 0.05) is 20.1 Å². The van der Waals surface area contributed by atoms with Crippen molar-refractivity contribution in [3.05, 3.63) is 21.9 Å². The number of carbonyl (C=O) groups excluding carboxylic acids is 2. The summed E-state index contributed by atoms with van der Waals surface area (Å²) in [5, 5.41) is 0.681. The lowest BCUT2D eigenvalue weighted by Crippen LogP contribution is -2.43. The van der Waals surface area contributed by atoms with E-state index in [9.17, 15) is 9.59 Å². The highest BCUT2D eigenvalue weighted by atomic mass is 35.5. The Kier molecular flexibility index (Phi) is 5.17. The molecule has 1 amide bonds. The monoisotopic (exact) mass is 332 g/mol. The summed E-state index contributed by atoms with van der Waals surface area (Å²) in [6.45, 7) is 3.12. The molecule has 1 aliphatic heterocycles. The molecule has 0 spiro atoms. The Morgan fingerprint density at radius 3 is 2.71 bits per heavy atom. The normalized spacial score (nSPS) is 18.7. The molecule has 1 atom stereocenters. The lowest BCUT2D eigenvalue weighted by atomic mass is 9.98. The fraction of sp³-hybridized carbons (Fsp3) is 0.571. The summed E-state index contributed by atoms with van der Waals surface area (Å²) in [6, 6.07) is 1.56. The topological polar surface area (TPSA) is 51.5 Å². The highest BCUT2D eigenvalue weighted by Gasteiger charge is 2.31. The Hall–Kier alpha value is -1.20. The van der Waals surface area contributed by atoms with Gasteiger partial charge in [0.2, 0.25) is 0 Å². The second-order valence-corrected chi connectivity index (χ2v) is 5.83. The van der Waals surface area contributed by atoms with Crippen LogP contribution in [0.3, 0.4) is 0 Å². The van der Waals surface area contributed by atoms with Gasteiger partial charge in [0.1, 0.15) is 10.8 Å². The second-order valence-electron chi connectivity index (χ2n) is 5.07. The maximum atomic E-state index is 12.5. The number of amides is 1. The smallest absolute Gasteiger partial charge is 0.310 e. The van der Waals surface area contributed by atoms with Crippen LogP contribution in [0, 0.1) is 5.92 Å². The number of nitrogens with zero attached hydrogens (tertiary/aromatic N) is 2. The van der Waals surface area contributed by atoms with E-state index in [1.807, 2.05) is 0 Å². The Morgan fingerprint density at radius 1 is 1.43 bits per heavy atom. The minimum Gasteiger partial charge on any atom is -0.466 e. The third-order valence-electron chi connectivity index (χ3n) is 3.66. The molecule has 0 saturated carbocycles. The van der Waals surface area contributed by atoms with E-state index in [1.165, 1.54) is 0 Å². The van der Waals surface area contributed by atoms with Gasteiger partial charge in [-0.2, -0.15) is 0 Å². The van der Waals surface area contributed by atoms with Crippen LogP contribution in [0.1, 0.15) is 30.3 Å². The van der Waals surface area contributed by atoms with Gasteiger partial charge in [-0.25, -0.2) is 0 Å². The van der Waals surface area contributed by atoms with E-state index in [-0.39, 0.29) is 17.8 Å². The molecule has 1 saturated heterocycles. The first-order valence-electron chi connectivity index (χ1n) is 6.92. The van der Waals surface area contributed by atoms with Crippen LogP contribution >= 0.6 is 23.2 Å².